The Morgan fingerprint density at radius 2 is 1.66 bits per heavy atom. The Labute approximate surface area is 225 Å². The van der Waals surface area contributed by atoms with E-state index < -0.39 is 28.5 Å². The second-order valence-electron chi connectivity index (χ2n) is 8.75. The Morgan fingerprint density at radius 3 is 2.24 bits per heavy atom. The number of amides is 2. The molecule has 2 amide bonds. The van der Waals surface area contributed by atoms with Crippen LogP contribution < -0.4 is 23.8 Å². The van der Waals surface area contributed by atoms with E-state index in [9.17, 15) is 18.0 Å². The normalized spacial score (nSPS) is 11.8. The predicted molar refractivity (Wildman–Crippen MR) is 147 cm³/mol. The van der Waals surface area contributed by atoms with E-state index in [1.807, 2.05) is 19.9 Å². The van der Waals surface area contributed by atoms with Gasteiger partial charge in [0.15, 0.2) is 0 Å². The molecule has 0 fully saturated rings. The van der Waals surface area contributed by atoms with E-state index >= 15 is 0 Å². The van der Waals surface area contributed by atoms with Crippen molar-refractivity contribution in [2.24, 2.45) is 0 Å². The first-order valence-corrected chi connectivity index (χ1v) is 14.3. The third kappa shape index (κ3) is 8.27. The van der Waals surface area contributed by atoms with E-state index in [0.717, 1.165) is 29.0 Å². The van der Waals surface area contributed by atoms with Gasteiger partial charge in [0.1, 0.15) is 29.8 Å². The van der Waals surface area contributed by atoms with E-state index in [1.165, 1.54) is 25.2 Å². The Morgan fingerprint density at radius 1 is 0.974 bits per heavy atom. The summed E-state index contributed by atoms with van der Waals surface area (Å²) in [6, 6.07) is 11.0. The molecule has 0 radical (unpaired) electrons. The molecule has 0 heterocycles. The Kier molecular flexibility index (Phi) is 11.7. The summed E-state index contributed by atoms with van der Waals surface area (Å²) in [5, 5.41) is 2.90. The van der Waals surface area contributed by atoms with Crippen LogP contribution in [0.1, 0.15) is 38.7 Å². The molecule has 0 saturated carbocycles. The summed E-state index contributed by atoms with van der Waals surface area (Å²) in [5.74, 6) is 0.487. The number of benzene rings is 2. The maximum absolute atomic E-state index is 13.8. The van der Waals surface area contributed by atoms with Crippen molar-refractivity contribution in [1.29, 1.82) is 0 Å². The molecule has 210 valence electrons. The fraction of sp³-hybridized carbons (Fsp3) is 0.481. The lowest BCUT2D eigenvalue weighted by Gasteiger charge is -2.33. The number of nitrogens with zero attached hydrogens (tertiary/aromatic N) is 2. The van der Waals surface area contributed by atoms with Crippen molar-refractivity contribution in [3.63, 3.8) is 0 Å². The third-order valence-electron chi connectivity index (χ3n) is 6.04. The molecular formula is C27H39N3O7S. The summed E-state index contributed by atoms with van der Waals surface area (Å²) in [5.41, 5.74) is 0.927. The van der Waals surface area contributed by atoms with Crippen molar-refractivity contribution in [3.05, 3.63) is 48.0 Å². The van der Waals surface area contributed by atoms with Gasteiger partial charge in [0, 0.05) is 19.2 Å². The molecule has 0 aliphatic rings. The molecule has 0 aliphatic heterocycles. The zero-order valence-corrected chi connectivity index (χ0v) is 23.8. The van der Waals surface area contributed by atoms with Crippen LogP contribution in [-0.4, -0.2) is 71.8 Å². The minimum atomic E-state index is -3.91. The number of unbranched alkanes of at least 4 members (excludes halogenated alkanes) is 1. The van der Waals surface area contributed by atoms with Crippen LogP contribution in [0.3, 0.4) is 0 Å². The van der Waals surface area contributed by atoms with Crippen LogP contribution in [0, 0.1) is 0 Å². The molecule has 2 aromatic rings. The van der Waals surface area contributed by atoms with Crippen molar-refractivity contribution in [1.82, 2.24) is 10.2 Å². The van der Waals surface area contributed by atoms with E-state index in [0.29, 0.717) is 24.5 Å². The smallest absolute Gasteiger partial charge is 0.244 e. The van der Waals surface area contributed by atoms with Gasteiger partial charge in [0.05, 0.1) is 33.3 Å². The van der Waals surface area contributed by atoms with Crippen molar-refractivity contribution < 1.29 is 32.2 Å². The average molecular weight is 550 g/mol. The number of methoxy groups -OCH3 is 3. The van der Waals surface area contributed by atoms with Gasteiger partial charge in [-0.3, -0.25) is 13.9 Å². The highest BCUT2D eigenvalue weighted by Gasteiger charge is 2.32. The zero-order valence-electron chi connectivity index (χ0n) is 23.0. The Bertz CT molecular complexity index is 1190. The molecular weight excluding hydrogens is 510 g/mol. The highest BCUT2D eigenvalue weighted by atomic mass is 32.2. The molecule has 38 heavy (non-hydrogen) atoms. The van der Waals surface area contributed by atoms with Crippen LogP contribution in [0.25, 0.3) is 0 Å². The largest absolute Gasteiger partial charge is 0.497 e. The topological polar surface area (TPSA) is 114 Å². The van der Waals surface area contributed by atoms with Gasteiger partial charge in [-0.15, -0.1) is 0 Å². The van der Waals surface area contributed by atoms with E-state index in [1.54, 1.807) is 37.4 Å². The van der Waals surface area contributed by atoms with Crippen molar-refractivity contribution >= 4 is 27.5 Å². The highest BCUT2D eigenvalue weighted by Crippen LogP contribution is 2.33. The highest BCUT2D eigenvalue weighted by molar-refractivity contribution is 7.92. The maximum atomic E-state index is 13.8. The fourth-order valence-electron chi connectivity index (χ4n) is 3.98. The maximum Gasteiger partial charge on any atom is 0.244 e. The lowest BCUT2D eigenvalue weighted by molar-refractivity contribution is -0.140. The van der Waals surface area contributed by atoms with Crippen molar-refractivity contribution in [3.8, 4) is 17.2 Å². The van der Waals surface area contributed by atoms with Gasteiger partial charge in [-0.1, -0.05) is 32.4 Å². The molecule has 0 bridgehead atoms. The number of nitrogens with one attached hydrogen (secondary N) is 1. The first-order valence-electron chi connectivity index (χ1n) is 12.5. The molecule has 10 nitrogen and oxygen atoms in total. The van der Waals surface area contributed by atoms with Gasteiger partial charge in [-0.2, -0.15) is 0 Å². The monoisotopic (exact) mass is 549 g/mol. The van der Waals surface area contributed by atoms with Crippen LogP contribution in [0.5, 0.6) is 17.2 Å². The van der Waals surface area contributed by atoms with Crippen LogP contribution in [0.2, 0.25) is 0 Å². The summed E-state index contributed by atoms with van der Waals surface area (Å²) in [7, 11) is 0.529. The van der Waals surface area contributed by atoms with E-state index in [4.69, 9.17) is 14.2 Å². The zero-order chi connectivity index (χ0) is 28.3. The lowest BCUT2D eigenvalue weighted by atomic mass is 10.1. The summed E-state index contributed by atoms with van der Waals surface area (Å²) < 4.78 is 42.7. The lowest BCUT2D eigenvalue weighted by Crippen LogP contribution is -2.52. The van der Waals surface area contributed by atoms with Crippen molar-refractivity contribution in [2.45, 2.75) is 45.7 Å². The summed E-state index contributed by atoms with van der Waals surface area (Å²) in [4.78, 5) is 28.4. The number of hydrogen-bond acceptors (Lipinski definition) is 7. The first-order chi connectivity index (χ1) is 18.1. The van der Waals surface area contributed by atoms with Crippen LogP contribution >= 0.6 is 0 Å². The first kappa shape index (κ1) is 30.8. The van der Waals surface area contributed by atoms with Gasteiger partial charge in [0.2, 0.25) is 21.8 Å². The van der Waals surface area contributed by atoms with Gasteiger partial charge in [0.25, 0.3) is 0 Å². The van der Waals surface area contributed by atoms with Crippen LogP contribution in [0.15, 0.2) is 42.5 Å². The second kappa shape index (κ2) is 14.5. The Hall–Kier alpha value is -3.47. The quantitative estimate of drug-likeness (QED) is 0.339. The minimum absolute atomic E-state index is 0.0904. The number of sulfonamides is 1. The standard InChI is InChI=1S/C27H39N3O7S/c1-7-9-15-28-27(32)23(8-2)29(18-20-11-10-12-21(16-20)35-3)26(31)19-30(38(6,33)34)24-14-13-22(36-4)17-25(24)37-5/h10-14,16-17,23H,7-9,15,18-19H2,1-6H3,(H,28,32)/t23-/m1/s1. The average Bonchev–Trinajstić information content (AvgIpc) is 2.90. The SMILES string of the molecule is CCCCNC(=O)[C@@H](CC)N(Cc1cccc(OC)c1)C(=O)CN(c1ccc(OC)cc1OC)S(C)(=O)=O. The second-order valence-corrected chi connectivity index (χ2v) is 10.7. The molecule has 0 aliphatic carbocycles. The van der Waals surface area contributed by atoms with Crippen molar-refractivity contribution in [2.75, 3.05) is 45.0 Å². The third-order valence-corrected chi connectivity index (χ3v) is 7.16. The number of anilines is 1. The van der Waals surface area contributed by atoms with Gasteiger partial charge < -0.3 is 24.4 Å². The van der Waals surface area contributed by atoms with E-state index in [-0.39, 0.29) is 23.9 Å². The van der Waals surface area contributed by atoms with Gasteiger partial charge >= 0.3 is 0 Å². The molecule has 11 heteroatoms. The number of carbonyl (C=O) groups excluding carboxylic acids is 2. The molecule has 0 saturated heterocycles. The number of ether oxygens (including phenoxy) is 3. The van der Waals surface area contributed by atoms with Crippen LogP contribution in [-0.2, 0) is 26.2 Å². The van der Waals surface area contributed by atoms with Crippen LogP contribution in [0.4, 0.5) is 5.69 Å². The molecule has 2 aromatic carbocycles. The van der Waals surface area contributed by atoms with E-state index in [2.05, 4.69) is 5.32 Å². The fourth-order valence-corrected chi connectivity index (χ4v) is 4.83. The predicted octanol–water partition coefficient (Wildman–Crippen LogP) is 3.20. The van der Waals surface area contributed by atoms with Gasteiger partial charge in [-0.05, 0) is 42.7 Å². The molecule has 2 rings (SSSR count). The minimum Gasteiger partial charge on any atom is -0.497 e. The summed E-state index contributed by atoms with van der Waals surface area (Å²) >= 11 is 0. The number of rotatable bonds is 15. The molecule has 1 atom stereocenters. The molecule has 0 spiro atoms. The molecule has 1 N–H and O–H groups in total. The van der Waals surface area contributed by atoms with Gasteiger partial charge in [-0.25, -0.2) is 8.42 Å². The molecule has 0 aromatic heterocycles. The Balaban J connectivity index is 2.49. The summed E-state index contributed by atoms with van der Waals surface area (Å²) in [6.07, 6.45) is 3.09. The molecule has 0 unspecified atom stereocenters. The summed E-state index contributed by atoms with van der Waals surface area (Å²) in [6.45, 7) is 3.90. The number of carbonyl (C=O) groups is 2. The number of hydrogen-bond donors (Lipinski definition) is 1.